The first-order valence-electron chi connectivity index (χ1n) is 10.9. The maximum absolute atomic E-state index is 13.3. The first-order valence-corrected chi connectivity index (χ1v) is 10.9. The van der Waals surface area contributed by atoms with E-state index in [9.17, 15) is 31.1 Å². The smallest absolute Gasteiger partial charge is 0.416 e. The van der Waals surface area contributed by atoms with Crippen molar-refractivity contribution in [2.45, 2.75) is 44.3 Å². The summed E-state index contributed by atoms with van der Waals surface area (Å²) in [6.45, 7) is 3.40. The maximum atomic E-state index is 13.3. The molecule has 0 aromatic heterocycles. The summed E-state index contributed by atoms with van der Waals surface area (Å²) < 4.78 is 90.4. The van der Waals surface area contributed by atoms with Gasteiger partial charge in [-0.1, -0.05) is 36.4 Å². The normalized spacial score (nSPS) is 19.7. The molecule has 0 spiro atoms. The van der Waals surface area contributed by atoms with E-state index in [0.29, 0.717) is 24.1 Å². The maximum Gasteiger partial charge on any atom is 0.416 e. The van der Waals surface area contributed by atoms with Gasteiger partial charge in [0.25, 0.3) is 0 Å². The van der Waals surface area contributed by atoms with Gasteiger partial charge < -0.3 is 14.8 Å². The fraction of sp³-hybridized carbons (Fsp3) is 0.400. The molecule has 3 rings (SSSR count). The van der Waals surface area contributed by atoms with Crippen LogP contribution in [0.15, 0.2) is 60.2 Å². The van der Waals surface area contributed by atoms with Crippen LogP contribution in [0.1, 0.15) is 48.6 Å². The fourth-order valence-electron chi connectivity index (χ4n) is 3.83. The van der Waals surface area contributed by atoms with Gasteiger partial charge in [-0.15, -0.1) is 0 Å². The lowest BCUT2D eigenvalue weighted by molar-refractivity contribution is -0.143. The van der Waals surface area contributed by atoms with E-state index < -0.39 is 41.1 Å². The summed E-state index contributed by atoms with van der Waals surface area (Å²) in [5.41, 5.74) is -2.65. The van der Waals surface area contributed by atoms with Gasteiger partial charge in [0.15, 0.2) is 0 Å². The summed E-state index contributed by atoms with van der Waals surface area (Å²) in [5.74, 6) is -0.459. The van der Waals surface area contributed by atoms with Crippen LogP contribution in [-0.2, 0) is 32.2 Å². The van der Waals surface area contributed by atoms with E-state index in [4.69, 9.17) is 9.47 Å². The lowest BCUT2D eigenvalue weighted by Gasteiger charge is -2.38. The predicted molar refractivity (Wildman–Crippen MR) is 116 cm³/mol. The van der Waals surface area contributed by atoms with Crippen LogP contribution in [0, 0.1) is 0 Å². The monoisotopic (exact) mass is 501 g/mol. The standard InChI is InChI=1S/C25H25F6NO3/c1-3-34-22(33)17-9-10-23(32-14-17,19-7-5-4-6-8-19)15-35-16(2)18-11-20(24(26,27)28)13-21(12-18)25(29,30)31/h4-9,11-13,16,32H,3,10,14-15H2,1-2H3/t16?,23-/m1/s1. The van der Waals surface area contributed by atoms with E-state index in [1.807, 2.05) is 18.2 Å². The van der Waals surface area contributed by atoms with Crippen molar-refractivity contribution < 1.29 is 40.6 Å². The van der Waals surface area contributed by atoms with E-state index in [-0.39, 0.29) is 31.4 Å². The van der Waals surface area contributed by atoms with E-state index in [2.05, 4.69) is 5.32 Å². The Labute approximate surface area is 198 Å². The number of hydrogen-bond acceptors (Lipinski definition) is 4. The Balaban J connectivity index is 1.88. The van der Waals surface area contributed by atoms with Gasteiger partial charge in [-0.3, -0.25) is 0 Å². The predicted octanol–water partition coefficient (Wildman–Crippen LogP) is 6.18. The average molecular weight is 501 g/mol. The van der Waals surface area contributed by atoms with Gasteiger partial charge in [0, 0.05) is 12.1 Å². The summed E-state index contributed by atoms with van der Waals surface area (Å²) in [5, 5.41) is 3.26. The van der Waals surface area contributed by atoms with Crippen molar-refractivity contribution in [2.24, 2.45) is 0 Å². The molecular weight excluding hydrogens is 476 g/mol. The highest BCUT2D eigenvalue weighted by molar-refractivity contribution is 5.89. The molecule has 1 unspecified atom stereocenters. The third kappa shape index (κ3) is 6.43. The molecule has 0 bridgehead atoms. The molecule has 35 heavy (non-hydrogen) atoms. The number of carbonyl (C=O) groups is 1. The summed E-state index contributed by atoms with van der Waals surface area (Å²) >= 11 is 0. The van der Waals surface area contributed by atoms with Crippen molar-refractivity contribution in [1.29, 1.82) is 0 Å². The van der Waals surface area contributed by atoms with Crippen molar-refractivity contribution in [2.75, 3.05) is 19.8 Å². The Bertz CT molecular complexity index is 1030. The number of nitrogens with one attached hydrogen (secondary N) is 1. The van der Waals surface area contributed by atoms with Gasteiger partial charge in [-0.2, -0.15) is 26.3 Å². The SMILES string of the molecule is CCOC(=O)C1=CC[C@@](COC(C)c2cc(C(F)(F)F)cc(C(F)(F)F)c2)(c2ccccc2)NC1. The third-order valence-corrected chi connectivity index (χ3v) is 5.84. The Morgan fingerprint density at radius 3 is 2.11 bits per heavy atom. The molecule has 0 amide bonds. The van der Waals surface area contributed by atoms with Gasteiger partial charge in [0.2, 0.25) is 0 Å². The van der Waals surface area contributed by atoms with E-state index in [0.717, 1.165) is 5.56 Å². The summed E-state index contributed by atoms with van der Waals surface area (Å²) in [6.07, 6.45) is -8.95. The summed E-state index contributed by atoms with van der Waals surface area (Å²) in [6, 6.07) is 10.5. The molecule has 1 aliphatic heterocycles. The van der Waals surface area contributed by atoms with E-state index in [1.54, 1.807) is 25.1 Å². The molecule has 0 saturated carbocycles. The summed E-state index contributed by atoms with van der Waals surface area (Å²) in [4.78, 5) is 12.1. The number of benzene rings is 2. The Morgan fingerprint density at radius 1 is 1.03 bits per heavy atom. The topological polar surface area (TPSA) is 47.6 Å². The first-order chi connectivity index (χ1) is 16.4. The number of halogens is 6. The van der Waals surface area contributed by atoms with Crippen LogP contribution >= 0.6 is 0 Å². The molecular formula is C25H25F6NO3. The van der Waals surface area contributed by atoms with Crippen molar-refractivity contribution in [3.05, 3.63) is 82.4 Å². The average Bonchev–Trinajstić information content (AvgIpc) is 2.82. The second-order valence-electron chi connectivity index (χ2n) is 8.25. The summed E-state index contributed by atoms with van der Waals surface area (Å²) in [7, 11) is 0. The lowest BCUT2D eigenvalue weighted by Crippen LogP contribution is -2.50. The Hall–Kier alpha value is -2.85. The Morgan fingerprint density at radius 2 is 1.63 bits per heavy atom. The van der Waals surface area contributed by atoms with Crippen molar-refractivity contribution >= 4 is 5.97 Å². The number of carbonyl (C=O) groups excluding carboxylic acids is 1. The molecule has 2 aromatic carbocycles. The molecule has 0 radical (unpaired) electrons. The number of alkyl halides is 6. The molecule has 1 aliphatic rings. The van der Waals surface area contributed by atoms with Crippen LogP contribution < -0.4 is 5.32 Å². The minimum atomic E-state index is -4.94. The molecule has 2 aromatic rings. The minimum absolute atomic E-state index is 0.0671. The lowest BCUT2D eigenvalue weighted by atomic mass is 9.84. The van der Waals surface area contributed by atoms with Gasteiger partial charge in [0.05, 0.1) is 36.0 Å². The molecule has 2 atom stereocenters. The van der Waals surface area contributed by atoms with Crippen LogP contribution in [0.25, 0.3) is 0 Å². The fourth-order valence-corrected chi connectivity index (χ4v) is 3.83. The van der Waals surface area contributed by atoms with Crippen LogP contribution in [0.2, 0.25) is 0 Å². The number of rotatable bonds is 7. The zero-order valence-electron chi connectivity index (χ0n) is 19.1. The quantitative estimate of drug-likeness (QED) is 0.364. The molecule has 0 fully saturated rings. The number of ether oxygens (including phenoxy) is 2. The van der Waals surface area contributed by atoms with Crippen LogP contribution in [0.4, 0.5) is 26.3 Å². The molecule has 190 valence electrons. The molecule has 1 heterocycles. The van der Waals surface area contributed by atoms with Crippen molar-refractivity contribution in [3.8, 4) is 0 Å². The van der Waals surface area contributed by atoms with Crippen LogP contribution in [0.3, 0.4) is 0 Å². The van der Waals surface area contributed by atoms with Gasteiger partial charge in [-0.05, 0) is 49.6 Å². The zero-order chi connectivity index (χ0) is 25.9. The van der Waals surface area contributed by atoms with E-state index >= 15 is 0 Å². The number of esters is 1. The van der Waals surface area contributed by atoms with Crippen molar-refractivity contribution in [3.63, 3.8) is 0 Å². The molecule has 10 heteroatoms. The molecule has 0 aliphatic carbocycles. The van der Waals surface area contributed by atoms with Crippen LogP contribution in [-0.4, -0.2) is 25.7 Å². The third-order valence-electron chi connectivity index (χ3n) is 5.84. The van der Waals surface area contributed by atoms with Crippen LogP contribution in [0.5, 0.6) is 0 Å². The largest absolute Gasteiger partial charge is 0.463 e. The zero-order valence-corrected chi connectivity index (χ0v) is 19.1. The van der Waals surface area contributed by atoms with E-state index in [1.165, 1.54) is 6.92 Å². The highest BCUT2D eigenvalue weighted by atomic mass is 19.4. The molecule has 4 nitrogen and oxygen atoms in total. The van der Waals surface area contributed by atoms with Gasteiger partial charge in [0.1, 0.15) is 0 Å². The minimum Gasteiger partial charge on any atom is -0.463 e. The van der Waals surface area contributed by atoms with Crippen molar-refractivity contribution in [1.82, 2.24) is 5.32 Å². The highest BCUT2D eigenvalue weighted by Gasteiger charge is 2.39. The number of hydrogen-bond donors (Lipinski definition) is 1. The van der Waals surface area contributed by atoms with Gasteiger partial charge in [-0.25, -0.2) is 4.79 Å². The second kappa shape index (κ2) is 10.4. The first kappa shape index (κ1) is 26.7. The Kier molecular flexibility index (Phi) is 7.96. The van der Waals surface area contributed by atoms with Gasteiger partial charge >= 0.3 is 18.3 Å². The molecule has 1 N–H and O–H groups in total. The second-order valence-corrected chi connectivity index (χ2v) is 8.25. The molecule has 0 saturated heterocycles. The highest BCUT2D eigenvalue weighted by Crippen LogP contribution is 2.38.